The average Bonchev–Trinajstić information content (AvgIpc) is 2.17. The van der Waals surface area contributed by atoms with Crippen LogP contribution in [0.5, 0.6) is 0 Å². The molecule has 2 nitrogen and oxygen atoms in total. The van der Waals surface area contributed by atoms with Crippen molar-refractivity contribution in [2.75, 3.05) is 0 Å². The second kappa shape index (κ2) is 4.98. The zero-order valence-electron chi connectivity index (χ0n) is 9.96. The van der Waals surface area contributed by atoms with E-state index in [0.29, 0.717) is 17.0 Å². The first-order valence-electron chi connectivity index (χ1n) is 5.35. The summed E-state index contributed by atoms with van der Waals surface area (Å²) < 4.78 is 0. The molecule has 16 heavy (non-hydrogen) atoms. The van der Waals surface area contributed by atoms with Crippen molar-refractivity contribution in [2.45, 2.75) is 33.2 Å². The molecule has 0 aliphatic rings. The number of nitrogens with two attached hydrogens (primary N) is 1. The van der Waals surface area contributed by atoms with Gasteiger partial charge in [-0.2, -0.15) is 0 Å². The van der Waals surface area contributed by atoms with Gasteiger partial charge in [-0.05, 0) is 29.7 Å². The third-order valence-corrected chi connectivity index (χ3v) is 2.94. The van der Waals surface area contributed by atoms with Crippen molar-refractivity contribution in [1.82, 2.24) is 0 Å². The Morgan fingerprint density at radius 2 is 1.81 bits per heavy atom. The highest BCUT2D eigenvalue weighted by Crippen LogP contribution is 2.21. The molecule has 0 amide bonds. The standard InChI is InChI=1S/C13H18ClNO/c1-13(2,3)12(15)8-11(16)9-4-6-10(14)7-5-9/h4-7,12H,8,15H2,1-3H3. The summed E-state index contributed by atoms with van der Waals surface area (Å²) in [6.45, 7) is 6.10. The molecular weight excluding hydrogens is 222 g/mol. The molecule has 1 aromatic carbocycles. The topological polar surface area (TPSA) is 43.1 Å². The minimum Gasteiger partial charge on any atom is -0.327 e. The first-order chi connectivity index (χ1) is 7.30. The summed E-state index contributed by atoms with van der Waals surface area (Å²) >= 11 is 5.76. The minimum atomic E-state index is -0.129. The van der Waals surface area contributed by atoms with Gasteiger partial charge >= 0.3 is 0 Å². The van der Waals surface area contributed by atoms with E-state index < -0.39 is 0 Å². The number of benzene rings is 1. The Morgan fingerprint density at radius 1 is 1.31 bits per heavy atom. The lowest BCUT2D eigenvalue weighted by Crippen LogP contribution is -2.36. The van der Waals surface area contributed by atoms with Crippen LogP contribution in [-0.2, 0) is 0 Å². The SMILES string of the molecule is CC(C)(C)C(N)CC(=O)c1ccc(Cl)cc1. The number of rotatable bonds is 3. The van der Waals surface area contributed by atoms with Crippen LogP contribution in [0.25, 0.3) is 0 Å². The van der Waals surface area contributed by atoms with Crippen LogP contribution < -0.4 is 5.73 Å². The summed E-state index contributed by atoms with van der Waals surface area (Å²) in [4.78, 5) is 11.9. The van der Waals surface area contributed by atoms with Crippen molar-refractivity contribution in [3.05, 3.63) is 34.9 Å². The third-order valence-electron chi connectivity index (χ3n) is 2.68. The molecule has 0 radical (unpaired) electrons. The van der Waals surface area contributed by atoms with Gasteiger partial charge in [-0.25, -0.2) is 0 Å². The molecule has 1 unspecified atom stereocenters. The highest BCUT2D eigenvalue weighted by Gasteiger charge is 2.23. The van der Waals surface area contributed by atoms with E-state index in [2.05, 4.69) is 0 Å². The Kier molecular flexibility index (Phi) is 4.11. The van der Waals surface area contributed by atoms with E-state index in [1.165, 1.54) is 0 Å². The summed E-state index contributed by atoms with van der Waals surface area (Å²) in [6, 6.07) is 6.78. The lowest BCUT2D eigenvalue weighted by Gasteiger charge is -2.26. The Hall–Kier alpha value is -0.860. The highest BCUT2D eigenvalue weighted by molar-refractivity contribution is 6.30. The van der Waals surface area contributed by atoms with E-state index in [-0.39, 0.29) is 17.2 Å². The molecule has 3 heteroatoms. The molecule has 2 N–H and O–H groups in total. The molecule has 0 aliphatic carbocycles. The molecule has 1 atom stereocenters. The highest BCUT2D eigenvalue weighted by atomic mass is 35.5. The Morgan fingerprint density at radius 3 is 2.25 bits per heavy atom. The van der Waals surface area contributed by atoms with E-state index in [0.717, 1.165) is 0 Å². The number of carbonyl (C=O) groups is 1. The van der Waals surface area contributed by atoms with Gasteiger partial charge in [0.25, 0.3) is 0 Å². The summed E-state index contributed by atoms with van der Waals surface area (Å²) in [6.07, 6.45) is 0.366. The van der Waals surface area contributed by atoms with Gasteiger partial charge in [0.1, 0.15) is 0 Å². The van der Waals surface area contributed by atoms with Gasteiger partial charge in [-0.15, -0.1) is 0 Å². The van der Waals surface area contributed by atoms with E-state index in [4.69, 9.17) is 17.3 Å². The van der Waals surface area contributed by atoms with E-state index in [1.807, 2.05) is 20.8 Å². The quantitative estimate of drug-likeness (QED) is 0.823. The summed E-state index contributed by atoms with van der Waals surface area (Å²) in [5.74, 6) is 0.0686. The van der Waals surface area contributed by atoms with Crippen LogP contribution in [-0.4, -0.2) is 11.8 Å². The van der Waals surface area contributed by atoms with Gasteiger partial charge in [-0.3, -0.25) is 4.79 Å². The van der Waals surface area contributed by atoms with Gasteiger partial charge in [-0.1, -0.05) is 32.4 Å². The molecule has 0 bridgehead atoms. The van der Waals surface area contributed by atoms with Crippen LogP contribution in [0.15, 0.2) is 24.3 Å². The van der Waals surface area contributed by atoms with E-state index in [1.54, 1.807) is 24.3 Å². The fourth-order valence-electron chi connectivity index (χ4n) is 1.26. The number of hydrogen-bond acceptors (Lipinski definition) is 2. The summed E-state index contributed by atoms with van der Waals surface area (Å²) in [5, 5.41) is 0.636. The van der Waals surface area contributed by atoms with Crippen molar-refractivity contribution in [3.63, 3.8) is 0 Å². The van der Waals surface area contributed by atoms with Gasteiger partial charge in [0, 0.05) is 23.0 Å². The molecule has 0 saturated carbocycles. The number of hydrogen-bond donors (Lipinski definition) is 1. The molecule has 0 aromatic heterocycles. The maximum Gasteiger partial charge on any atom is 0.164 e. The molecule has 88 valence electrons. The largest absolute Gasteiger partial charge is 0.327 e. The number of halogens is 1. The normalized spacial score (nSPS) is 13.6. The molecule has 0 spiro atoms. The lowest BCUT2D eigenvalue weighted by molar-refractivity contribution is 0.0953. The smallest absolute Gasteiger partial charge is 0.164 e. The minimum absolute atomic E-state index is 0.0535. The Labute approximate surface area is 102 Å². The van der Waals surface area contributed by atoms with E-state index in [9.17, 15) is 4.79 Å². The molecule has 0 saturated heterocycles. The fourth-order valence-corrected chi connectivity index (χ4v) is 1.39. The third kappa shape index (κ3) is 3.62. The first kappa shape index (κ1) is 13.2. The van der Waals surface area contributed by atoms with Crippen LogP contribution in [0.2, 0.25) is 5.02 Å². The van der Waals surface area contributed by atoms with Gasteiger partial charge < -0.3 is 5.73 Å². The average molecular weight is 240 g/mol. The van der Waals surface area contributed by atoms with Crippen molar-refractivity contribution in [2.24, 2.45) is 11.1 Å². The number of carbonyl (C=O) groups excluding carboxylic acids is 1. The fraction of sp³-hybridized carbons (Fsp3) is 0.462. The predicted octanol–water partition coefficient (Wildman–Crippen LogP) is 3.29. The number of ketones is 1. The van der Waals surface area contributed by atoms with Gasteiger partial charge in [0.05, 0.1) is 0 Å². The van der Waals surface area contributed by atoms with Crippen molar-refractivity contribution in [1.29, 1.82) is 0 Å². The Balaban J connectivity index is 2.70. The monoisotopic (exact) mass is 239 g/mol. The maximum atomic E-state index is 11.9. The molecular formula is C13H18ClNO. The first-order valence-corrected chi connectivity index (χ1v) is 5.73. The van der Waals surface area contributed by atoms with Crippen molar-refractivity contribution >= 4 is 17.4 Å². The van der Waals surface area contributed by atoms with Gasteiger partial charge in [0.15, 0.2) is 5.78 Å². The lowest BCUT2D eigenvalue weighted by atomic mass is 9.84. The zero-order valence-corrected chi connectivity index (χ0v) is 10.7. The summed E-state index contributed by atoms with van der Waals surface area (Å²) in [5.41, 5.74) is 6.59. The predicted molar refractivity (Wildman–Crippen MR) is 67.8 cm³/mol. The Bertz CT molecular complexity index is 365. The van der Waals surface area contributed by atoms with Crippen LogP contribution >= 0.6 is 11.6 Å². The van der Waals surface area contributed by atoms with Crippen LogP contribution in [0.4, 0.5) is 0 Å². The van der Waals surface area contributed by atoms with Crippen molar-refractivity contribution in [3.8, 4) is 0 Å². The van der Waals surface area contributed by atoms with E-state index >= 15 is 0 Å². The van der Waals surface area contributed by atoms with Crippen LogP contribution in [0.1, 0.15) is 37.6 Å². The molecule has 1 rings (SSSR count). The maximum absolute atomic E-state index is 11.9. The molecule has 0 fully saturated rings. The van der Waals surface area contributed by atoms with Crippen molar-refractivity contribution < 1.29 is 4.79 Å². The number of Topliss-reactive ketones (excluding diaryl/α,β-unsaturated/α-hetero) is 1. The zero-order chi connectivity index (χ0) is 12.3. The van der Waals surface area contributed by atoms with Crippen LogP contribution in [0, 0.1) is 5.41 Å². The van der Waals surface area contributed by atoms with Gasteiger partial charge in [0.2, 0.25) is 0 Å². The van der Waals surface area contributed by atoms with Crippen LogP contribution in [0.3, 0.4) is 0 Å². The second-order valence-electron chi connectivity index (χ2n) is 5.11. The molecule has 1 aromatic rings. The molecule has 0 heterocycles. The molecule has 0 aliphatic heterocycles. The second-order valence-corrected chi connectivity index (χ2v) is 5.54. The summed E-state index contributed by atoms with van der Waals surface area (Å²) in [7, 11) is 0.